The zero-order chi connectivity index (χ0) is 26.2. The van der Waals surface area contributed by atoms with Crippen molar-refractivity contribution in [1.82, 2.24) is 10.2 Å². The summed E-state index contributed by atoms with van der Waals surface area (Å²) in [5.41, 5.74) is 3.91. The Balaban J connectivity index is 1.64. The lowest BCUT2D eigenvalue weighted by Gasteiger charge is -2.33. The molecule has 37 heavy (non-hydrogen) atoms. The zero-order valence-corrected chi connectivity index (χ0v) is 22.8. The molecule has 2 amide bonds. The van der Waals surface area contributed by atoms with Gasteiger partial charge in [0.15, 0.2) is 0 Å². The number of hydrogen-bond donors (Lipinski definition) is 1. The lowest BCUT2D eigenvalue weighted by Crippen LogP contribution is -2.52. The van der Waals surface area contributed by atoms with E-state index in [1.54, 1.807) is 23.1 Å². The predicted molar refractivity (Wildman–Crippen MR) is 151 cm³/mol. The molecule has 1 aliphatic carbocycles. The number of aryl methyl sites for hydroxylation is 2. The summed E-state index contributed by atoms with van der Waals surface area (Å²) in [6.07, 6.45) is 5.47. The number of halogens is 2. The number of nitrogens with zero attached hydrogens (tertiary/aromatic N) is 1. The van der Waals surface area contributed by atoms with E-state index in [0.29, 0.717) is 28.5 Å². The Labute approximate surface area is 230 Å². The first-order chi connectivity index (χ1) is 17.9. The average Bonchev–Trinajstić information content (AvgIpc) is 3.40. The van der Waals surface area contributed by atoms with E-state index >= 15 is 0 Å². The van der Waals surface area contributed by atoms with Gasteiger partial charge in [-0.25, -0.2) is 0 Å². The topological polar surface area (TPSA) is 49.4 Å². The molecule has 0 spiro atoms. The van der Waals surface area contributed by atoms with Gasteiger partial charge in [-0.05, 0) is 49.4 Å². The zero-order valence-electron chi connectivity index (χ0n) is 21.3. The lowest BCUT2D eigenvalue weighted by molar-refractivity contribution is -0.141. The Morgan fingerprint density at radius 1 is 0.892 bits per heavy atom. The Morgan fingerprint density at radius 2 is 1.54 bits per heavy atom. The number of amides is 2. The minimum absolute atomic E-state index is 0.0981. The summed E-state index contributed by atoms with van der Waals surface area (Å²) in [7, 11) is 0. The maximum Gasteiger partial charge on any atom is 0.243 e. The van der Waals surface area contributed by atoms with Crippen LogP contribution in [0.25, 0.3) is 0 Å². The fraction of sp³-hybridized carbons (Fsp3) is 0.355. The average molecular weight is 538 g/mol. The Bertz CT molecular complexity index is 1170. The molecule has 1 fully saturated rings. The molecule has 4 nitrogen and oxygen atoms in total. The lowest BCUT2D eigenvalue weighted by atomic mass is 10.0. The van der Waals surface area contributed by atoms with Gasteiger partial charge in [0.2, 0.25) is 11.8 Å². The number of nitrogens with one attached hydrogen (secondary N) is 1. The SMILES string of the molecule is Cc1ccc(CCC(=O)N(Cc2c(Cl)cccc2Cl)[C@H](Cc2ccccc2)C(=O)NC2CCCC2)cc1. The number of rotatable bonds is 10. The molecule has 1 saturated carbocycles. The van der Waals surface area contributed by atoms with Gasteiger partial charge in [-0.2, -0.15) is 0 Å². The summed E-state index contributed by atoms with van der Waals surface area (Å²) >= 11 is 13.1. The van der Waals surface area contributed by atoms with Crippen LogP contribution in [0.5, 0.6) is 0 Å². The summed E-state index contributed by atoms with van der Waals surface area (Å²) in [6, 6.07) is 22.8. The molecule has 1 atom stereocenters. The summed E-state index contributed by atoms with van der Waals surface area (Å²) in [5, 5.41) is 4.20. The second kappa shape index (κ2) is 13.1. The Morgan fingerprint density at radius 3 is 2.19 bits per heavy atom. The highest BCUT2D eigenvalue weighted by atomic mass is 35.5. The number of hydrogen-bond acceptors (Lipinski definition) is 2. The molecule has 0 unspecified atom stereocenters. The van der Waals surface area contributed by atoms with Crippen molar-refractivity contribution in [3.05, 3.63) is 105 Å². The number of benzene rings is 3. The smallest absolute Gasteiger partial charge is 0.243 e. The maximum absolute atomic E-state index is 13.8. The van der Waals surface area contributed by atoms with E-state index in [9.17, 15) is 9.59 Å². The van der Waals surface area contributed by atoms with Crippen molar-refractivity contribution < 1.29 is 9.59 Å². The molecule has 0 saturated heterocycles. The molecule has 6 heteroatoms. The van der Waals surface area contributed by atoms with Crippen LogP contribution in [0.2, 0.25) is 10.0 Å². The highest BCUT2D eigenvalue weighted by molar-refractivity contribution is 6.36. The Kier molecular flexibility index (Phi) is 9.65. The van der Waals surface area contributed by atoms with Gasteiger partial charge in [0.25, 0.3) is 0 Å². The van der Waals surface area contributed by atoms with Crippen LogP contribution >= 0.6 is 23.2 Å². The first kappa shape index (κ1) is 27.2. The van der Waals surface area contributed by atoms with E-state index in [4.69, 9.17) is 23.2 Å². The summed E-state index contributed by atoms with van der Waals surface area (Å²) in [6.45, 7) is 2.21. The highest BCUT2D eigenvalue weighted by Gasteiger charge is 2.32. The van der Waals surface area contributed by atoms with Crippen LogP contribution < -0.4 is 5.32 Å². The quantitative estimate of drug-likeness (QED) is 0.305. The second-order valence-electron chi connectivity index (χ2n) is 9.90. The molecule has 0 bridgehead atoms. The van der Waals surface area contributed by atoms with Crippen molar-refractivity contribution in [2.24, 2.45) is 0 Å². The van der Waals surface area contributed by atoms with Crippen molar-refractivity contribution in [3.63, 3.8) is 0 Å². The van der Waals surface area contributed by atoms with Gasteiger partial charge >= 0.3 is 0 Å². The van der Waals surface area contributed by atoms with Gasteiger partial charge < -0.3 is 10.2 Å². The molecule has 0 aromatic heterocycles. The van der Waals surface area contributed by atoms with Gasteiger partial charge in [-0.3, -0.25) is 9.59 Å². The normalized spacial score (nSPS) is 14.4. The summed E-state index contributed by atoms with van der Waals surface area (Å²) < 4.78 is 0. The fourth-order valence-corrected chi connectivity index (χ4v) is 5.44. The molecule has 4 rings (SSSR count). The van der Waals surface area contributed by atoms with E-state index in [1.807, 2.05) is 61.5 Å². The van der Waals surface area contributed by atoms with Crippen molar-refractivity contribution in [1.29, 1.82) is 0 Å². The van der Waals surface area contributed by atoms with Crippen molar-refractivity contribution in [2.45, 2.75) is 70.5 Å². The first-order valence-corrected chi connectivity index (χ1v) is 13.8. The van der Waals surface area contributed by atoms with E-state index in [0.717, 1.165) is 36.8 Å². The minimum atomic E-state index is -0.680. The maximum atomic E-state index is 13.8. The molecular weight excluding hydrogens is 503 g/mol. The molecule has 0 aliphatic heterocycles. The summed E-state index contributed by atoms with van der Waals surface area (Å²) in [4.78, 5) is 29.3. The molecule has 194 valence electrons. The number of carbonyl (C=O) groups excluding carboxylic acids is 2. The van der Waals surface area contributed by atoms with Crippen molar-refractivity contribution in [2.75, 3.05) is 0 Å². The van der Waals surface area contributed by atoms with E-state index in [-0.39, 0.29) is 30.8 Å². The molecule has 1 N–H and O–H groups in total. The fourth-order valence-electron chi connectivity index (χ4n) is 4.92. The van der Waals surface area contributed by atoms with Crippen LogP contribution in [0.4, 0.5) is 0 Å². The molecular formula is C31H34Cl2N2O2. The van der Waals surface area contributed by atoms with Crippen molar-refractivity contribution >= 4 is 35.0 Å². The first-order valence-electron chi connectivity index (χ1n) is 13.0. The predicted octanol–water partition coefficient (Wildman–Crippen LogP) is 6.93. The van der Waals surface area contributed by atoms with Crippen LogP contribution in [-0.2, 0) is 29.0 Å². The molecule has 3 aromatic carbocycles. The molecule has 0 heterocycles. The van der Waals surface area contributed by atoms with Crippen LogP contribution in [0.3, 0.4) is 0 Å². The van der Waals surface area contributed by atoms with Gasteiger partial charge in [-0.1, -0.05) is 102 Å². The third kappa shape index (κ3) is 7.59. The summed E-state index contributed by atoms with van der Waals surface area (Å²) in [5.74, 6) is -0.221. The van der Waals surface area contributed by atoms with Crippen LogP contribution in [0.1, 0.15) is 54.4 Å². The van der Waals surface area contributed by atoms with Crippen LogP contribution in [-0.4, -0.2) is 28.8 Å². The minimum Gasteiger partial charge on any atom is -0.352 e. The van der Waals surface area contributed by atoms with Crippen LogP contribution in [0, 0.1) is 6.92 Å². The largest absolute Gasteiger partial charge is 0.352 e. The standard InChI is InChI=1S/C31H34Cl2N2O2/c1-22-14-16-23(17-15-22)18-19-30(36)35(21-26-27(32)12-7-13-28(26)33)29(20-24-8-3-2-4-9-24)31(37)34-25-10-5-6-11-25/h2-4,7-9,12-17,25,29H,5-6,10-11,18-21H2,1H3,(H,34,37)/t29-/m1/s1. The highest BCUT2D eigenvalue weighted by Crippen LogP contribution is 2.28. The molecule has 1 aliphatic rings. The number of carbonyl (C=O) groups is 2. The second-order valence-corrected chi connectivity index (χ2v) is 10.7. The van der Waals surface area contributed by atoms with Gasteiger partial charge in [-0.15, -0.1) is 0 Å². The van der Waals surface area contributed by atoms with Gasteiger partial charge in [0.1, 0.15) is 6.04 Å². The van der Waals surface area contributed by atoms with E-state index in [1.165, 1.54) is 5.56 Å². The third-order valence-electron chi connectivity index (χ3n) is 7.11. The molecule has 0 radical (unpaired) electrons. The monoisotopic (exact) mass is 536 g/mol. The van der Waals surface area contributed by atoms with E-state index < -0.39 is 6.04 Å². The van der Waals surface area contributed by atoms with Gasteiger partial charge in [0.05, 0.1) is 0 Å². The Hall–Kier alpha value is -2.82. The van der Waals surface area contributed by atoms with Crippen molar-refractivity contribution in [3.8, 4) is 0 Å². The van der Waals surface area contributed by atoms with Gasteiger partial charge in [0, 0.05) is 41.0 Å². The third-order valence-corrected chi connectivity index (χ3v) is 7.82. The van der Waals surface area contributed by atoms with E-state index in [2.05, 4.69) is 5.32 Å². The molecule has 3 aromatic rings. The van der Waals surface area contributed by atoms with Crippen LogP contribution in [0.15, 0.2) is 72.8 Å².